The number of aryl methyl sites for hydroxylation is 1. The minimum Gasteiger partial charge on any atom is -0.273 e. The van der Waals surface area contributed by atoms with Crippen LogP contribution in [-0.2, 0) is 16.0 Å². The van der Waals surface area contributed by atoms with Crippen LogP contribution in [0, 0.1) is 12.7 Å². The summed E-state index contributed by atoms with van der Waals surface area (Å²) in [5, 5.41) is 4.32. The number of hydrogen-bond donors (Lipinski definition) is 1. The number of fused-ring (bicyclic) bond motifs is 1. The standard InChI is InChI=1S/C29H20ClFN2O3/c1-17-10-13-21(15-25(17)30)33-28(35)24(27(34)32-29(33)36)16-23-19(14-20-7-3-5-9-26(20)31)12-11-18-6-2-4-8-22(18)23/h2-13,15-16H,14H2,1H3,(H,32,34,36)/b24-16+. The quantitative estimate of drug-likeness (QED) is 0.269. The van der Waals surface area contributed by atoms with Crippen molar-refractivity contribution >= 4 is 52.0 Å². The lowest BCUT2D eigenvalue weighted by Gasteiger charge is -2.27. The van der Waals surface area contributed by atoms with Crippen molar-refractivity contribution in [2.75, 3.05) is 4.90 Å². The Bertz CT molecular complexity index is 1600. The Hall–Kier alpha value is -4.29. The minimum atomic E-state index is -0.855. The van der Waals surface area contributed by atoms with E-state index < -0.39 is 17.8 Å². The fourth-order valence-corrected chi connectivity index (χ4v) is 4.44. The molecule has 178 valence electrons. The summed E-state index contributed by atoms with van der Waals surface area (Å²) in [5.74, 6) is -1.92. The van der Waals surface area contributed by atoms with E-state index in [1.807, 2.05) is 36.4 Å². The third-order valence-electron chi connectivity index (χ3n) is 6.20. The summed E-state index contributed by atoms with van der Waals surface area (Å²) in [6, 6.07) is 21.7. The summed E-state index contributed by atoms with van der Waals surface area (Å²) >= 11 is 6.22. The second kappa shape index (κ2) is 9.40. The van der Waals surface area contributed by atoms with Gasteiger partial charge >= 0.3 is 6.03 Å². The molecule has 1 N–H and O–H groups in total. The van der Waals surface area contributed by atoms with Crippen LogP contribution in [0.25, 0.3) is 16.8 Å². The molecule has 0 spiro atoms. The van der Waals surface area contributed by atoms with Crippen molar-refractivity contribution in [3.63, 3.8) is 0 Å². The van der Waals surface area contributed by atoms with Gasteiger partial charge in [0, 0.05) is 11.4 Å². The monoisotopic (exact) mass is 498 g/mol. The number of rotatable bonds is 4. The molecule has 0 aliphatic carbocycles. The zero-order chi connectivity index (χ0) is 25.4. The number of barbiturate groups is 1. The highest BCUT2D eigenvalue weighted by atomic mass is 35.5. The highest BCUT2D eigenvalue weighted by molar-refractivity contribution is 6.39. The number of carbonyl (C=O) groups is 3. The average molecular weight is 499 g/mol. The average Bonchev–Trinajstić information content (AvgIpc) is 2.86. The number of nitrogens with zero attached hydrogens (tertiary/aromatic N) is 1. The Kier molecular flexibility index (Phi) is 6.12. The van der Waals surface area contributed by atoms with Crippen molar-refractivity contribution in [3.05, 3.63) is 118 Å². The zero-order valence-electron chi connectivity index (χ0n) is 19.2. The molecule has 4 amide bonds. The molecule has 0 atom stereocenters. The van der Waals surface area contributed by atoms with E-state index in [1.54, 1.807) is 37.3 Å². The molecule has 1 heterocycles. The van der Waals surface area contributed by atoms with Crippen LogP contribution in [0.4, 0.5) is 14.9 Å². The first-order valence-corrected chi connectivity index (χ1v) is 11.6. The van der Waals surface area contributed by atoms with Crippen molar-refractivity contribution in [3.8, 4) is 0 Å². The molecule has 7 heteroatoms. The number of urea groups is 1. The van der Waals surface area contributed by atoms with Crippen LogP contribution in [0.15, 0.2) is 84.4 Å². The normalized spacial score (nSPS) is 15.0. The second-order valence-electron chi connectivity index (χ2n) is 8.52. The lowest BCUT2D eigenvalue weighted by Crippen LogP contribution is -2.54. The predicted molar refractivity (Wildman–Crippen MR) is 138 cm³/mol. The first kappa shape index (κ1) is 23.5. The molecule has 1 saturated heterocycles. The lowest BCUT2D eigenvalue weighted by molar-refractivity contribution is -0.122. The van der Waals surface area contributed by atoms with Gasteiger partial charge in [-0.1, -0.05) is 72.3 Å². The molecule has 0 radical (unpaired) electrons. The van der Waals surface area contributed by atoms with Gasteiger partial charge in [0.2, 0.25) is 0 Å². The third-order valence-corrected chi connectivity index (χ3v) is 6.61. The highest BCUT2D eigenvalue weighted by Crippen LogP contribution is 2.30. The molecule has 1 fully saturated rings. The zero-order valence-corrected chi connectivity index (χ0v) is 20.0. The van der Waals surface area contributed by atoms with E-state index in [0.717, 1.165) is 26.8 Å². The Morgan fingerprint density at radius 3 is 2.44 bits per heavy atom. The molecule has 4 aromatic rings. The number of amides is 4. The molecule has 36 heavy (non-hydrogen) atoms. The van der Waals surface area contributed by atoms with Crippen molar-refractivity contribution in [1.82, 2.24) is 5.32 Å². The van der Waals surface area contributed by atoms with Crippen molar-refractivity contribution in [2.45, 2.75) is 13.3 Å². The van der Waals surface area contributed by atoms with Gasteiger partial charge in [-0.2, -0.15) is 0 Å². The molecule has 4 aromatic carbocycles. The number of hydrogen-bond acceptors (Lipinski definition) is 3. The smallest absolute Gasteiger partial charge is 0.273 e. The Balaban J connectivity index is 1.65. The van der Waals surface area contributed by atoms with E-state index in [9.17, 15) is 18.8 Å². The van der Waals surface area contributed by atoms with E-state index in [-0.39, 0.29) is 23.5 Å². The molecule has 0 bridgehead atoms. The lowest BCUT2D eigenvalue weighted by atomic mass is 9.92. The predicted octanol–water partition coefficient (Wildman–Crippen LogP) is 6.20. The fraction of sp³-hybridized carbons (Fsp3) is 0.0690. The molecule has 5 nitrogen and oxygen atoms in total. The number of imide groups is 2. The summed E-state index contributed by atoms with van der Waals surface area (Å²) < 4.78 is 14.5. The van der Waals surface area contributed by atoms with Gasteiger partial charge in [-0.25, -0.2) is 14.1 Å². The van der Waals surface area contributed by atoms with Crippen molar-refractivity contribution < 1.29 is 18.8 Å². The first-order chi connectivity index (χ1) is 17.3. The molecule has 5 rings (SSSR count). The molecular weight excluding hydrogens is 479 g/mol. The summed E-state index contributed by atoms with van der Waals surface area (Å²) in [6.45, 7) is 1.80. The maximum absolute atomic E-state index is 14.5. The maximum atomic E-state index is 14.5. The van der Waals surface area contributed by atoms with E-state index in [2.05, 4.69) is 5.32 Å². The second-order valence-corrected chi connectivity index (χ2v) is 8.93. The summed E-state index contributed by atoms with van der Waals surface area (Å²) in [5.41, 5.74) is 2.64. The number of anilines is 1. The number of benzene rings is 4. The van der Waals surface area contributed by atoms with Gasteiger partial charge in [0.05, 0.1) is 5.69 Å². The van der Waals surface area contributed by atoms with Gasteiger partial charge in [-0.3, -0.25) is 14.9 Å². The SMILES string of the molecule is Cc1ccc(N2C(=O)NC(=O)/C(=C\c3c(Cc4ccccc4F)ccc4ccccc34)C2=O)cc1Cl. The van der Waals surface area contributed by atoms with Crippen molar-refractivity contribution in [2.24, 2.45) is 0 Å². The van der Waals surface area contributed by atoms with Crippen LogP contribution in [0.1, 0.15) is 22.3 Å². The highest BCUT2D eigenvalue weighted by Gasteiger charge is 2.37. The summed E-state index contributed by atoms with van der Waals surface area (Å²) in [6.07, 6.45) is 1.73. The largest absolute Gasteiger partial charge is 0.335 e. The van der Waals surface area contributed by atoms with E-state index in [1.165, 1.54) is 18.2 Å². The number of carbonyl (C=O) groups excluding carboxylic acids is 3. The van der Waals surface area contributed by atoms with Crippen molar-refractivity contribution in [1.29, 1.82) is 0 Å². The van der Waals surface area contributed by atoms with Crippen LogP contribution in [0.5, 0.6) is 0 Å². The molecule has 0 saturated carbocycles. The van der Waals surface area contributed by atoms with E-state index in [0.29, 0.717) is 16.1 Å². The van der Waals surface area contributed by atoms with Crippen LogP contribution in [0.3, 0.4) is 0 Å². The topological polar surface area (TPSA) is 66.5 Å². The van der Waals surface area contributed by atoms with Crippen LogP contribution in [0.2, 0.25) is 5.02 Å². The Morgan fingerprint density at radius 2 is 1.67 bits per heavy atom. The first-order valence-electron chi connectivity index (χ1n) is 11.2. The fourth-order valence-electron chi connectivity index (χ4n) is 4.27. The third kappa shape index (κ3) is 4.27. The van der Waals surface area contributed by atoms with Crippen LogP contribution < -0.4 is 10.2 Å². The molecular formula is C29H20ClFN2O3. The van der Waals surface area contributed by atoms with Gasteiger partial charge < -0.3 is 0 Å². The maximum Gasteiger partial charge on any atom is 0.335 e. The van der Waals surface area contributed by atoms with Crippen LogP contribution >= 0.6 is 11.6 Å². The Labute approximate surface area is 211 Å². The molecule has 1 aliphatic rings. The Morgan fingerprint density at radius 1 is 0.917 bits per heavy atom. The van der Waals surface area contributed by atoms with Gasteiger partial charge in [-0.15, -0.1) is 0 Å². The summed E-state index contributed by atoms with van der Waals surface area (Å²) in [7, 11) is 0. The number of halogens is 2. The van der Waals surface area contributed by atoms with E-state index in [4.69, 9.17) is 11.6 Å². The molecule has 0 unspecified atom stereocenters. The minimum absolute atomic E-state index is 0.211. The molecule has 0 aromatic heterocycles. The van der Waals surface area contributed by atoms with Gasteiger partial charge in [0.25, 0.3) is 11.8 Å². The summed E-state index contributed by atoms with van der Waals surface area (Å²) in [4.78, 5) is 39.8. The number of nitrogens with one attached hydrogen (secondary N) is 1. The molecule has 1 aliphatic heterocycles. The van der Waals surface area contributed by atoms with Gasteiger partial charge in [0.15, 0.2) is 0 Å². The van der Waals surface area contributed by atoms with Crippen LogP contribution in [-0.4, -0.2) is 17.8 Å². The van der Waals surface area contributed by atoms with E-state index >= 15 is 0 Å². The van der Waals surface area contributed by atoms with Gasteiger partial charge in [-0.05, 0) is 64.2 Å². The van der Waals surface area contributed by atoms with Gasteiger partial charge in [0.1, 0.15) is 11.4 Å².